The van der Waals surface area contributed by atoms with E-state index in [2.05, 4.69) is 10.2 Å². The van der Waals surface area contributed by atoms with Crippen molar-refractivity contribution in [1.29, 1.82) is 0 Å². The largest absolute Gasteiger partial charge is 0.467 e. The van der Waals surface area contributed by atoms with Gasteiger partial charge in [0, 0.05) is 11.8 Å². The van der Waals surface area contributed by atoms with Gasteiger partial charge in [-0.15, -0.1) is 0 Å². The first-order valence-corrected chi connectivity index (χ1v) is 10.1. The van der Waals surface area contributed by atoms with Crippen molar-refractivity contribution >= 4 is 45.8 Å². The number of nitrogens with zero attached hydrogens (tertiary/aromatic N) is 4. The minimum absolute atomic E-state index is 0.0233. The highest BCUT2D eigenvalue weighted by molar-refractivity contribution is 6.41. The van der Waals surface area contributed by atoms with E-state index in [-0.39, 0.29) is 16.6 Å². The summed E-state index contributed by atoms with van der Waals surface area (Å²) in [6, 6.07) is 12.5. The number of hydrogen-bond acceptors (Lipinski definition) is 6. The van der Waals surface area contributed by atoms with Gasteiger partial charge in [0.2, 0.25) is 0 Å². The van der Waals surface area contributed by atoms with E-state index in [0.717, 1.165) is 15.7 Å². The molecule has 0 fully saturated rings. The first-order chi connectivity index (χ1) is 15.0. The van der Waals surface area contributed by atoms with Crippen molar-refractivity contribution in [3.8, 4) is 0 Å². The molecule has 0 saturated carbocycles. The van der Waals surface area contributed by atoms with Gasteiger partial charge >= 0.3 is 0 Å². The third-order valence-corrected chi connectivity index (χ3v) is 5.72. The number of halogens is 2. The SMILES string of the molecule is O=C(Cn1ncc(Cl)c(Cl)c1=O)N1N=C(c2cc3ccccc3o2)CC1c1ccco1. The average molecular weight is 457 g/mol. The van der Waals surface area contributed by atoms with Crippen LogP contribution >= 0.6 is 23.2 Å². The maximum atomic E-state index is 13.1. The van der Waals surface area contributed by atoms with Crippen molar-refractivity contribution in [3.05, 3.63) is 86.8 Å². The molecule has 8 nitrogen and oxygen atoms in total. The van der Waals surface area contributed by atoms with Crippen LogP contribution in [-0.4, -0.2) is 26.4 Å². The molecular weight excluding hydrogens is 443 g/mol. The van der Waals surface area contributed by atoms with Gasteiger partial charge in [-0.3, -0.25) is 9.59 Å². The number of para-hydroxylation sites is 1. The number of amides is 1. The van der Waals surface area contributed by atoms with Gasteiger partial charge in [0.05, 0.1) is 17.5 Å². The van der Waals surface area contributed by atoms with Crippen LogP contribution in [0, 0.1) is 0 Å². The zero-order valence-electron chi connectivity index (χ0n) is 15.9. The molecule has 156 valence electrons. The smallest absolute Gasteiger partial charge is 0.287 e. The summed E-state index contributed by atoms with van der Waals surface area (Å²) in [6.07, 6.45) is 3.14. The van der Waals surface area contributed by atoms with Crippen LogP contribution in [0.1, 0.15) is 24.0 Å². The molecule has 5 rings (SSSR count). The minimum atomic E-state index is -0.655. The number of hydrazone groups is 1. The number of benzene rings is 1. The summed E-state index contributed by atoms with van der Waals surface area (Å²) < 4.78 is 12.4. The Morgan fingerprint density at radius 1 is 1.19 bits per heavy atom. The van der Waals surface area contributed by atoms with E-state index in [1.807, 2.05) is 30.3 Å². The zero-order valence-corrected chi connectivity index (χ0v) is 17.4. The fourth-order valence-corrected chi connectivity index (χ4v) is 3.74. The maximum Gasteiger partial charge on any atom is 0.287 e. The lowest BCUT2D eigenvalue weighted by Gasteiger charge is -2.20. The predicted molar refractivity (Wildman–Crippen MR) is 114 cm³/mol. The van der Waals surface area contributed by atoms with Crippen molar-refractivity contribution in [3.63, 3.8) is 0 Å². The molecule has 1 aliphatic heterocycles. The number of hydrogen-bond donors (Lipinski definition) is 0. The Balaban J connectivity index is 1.49. The standard InChI is InChI=1S/C21H14Cl2N4O4/c22-13-10-24-26(21(29)20(13)23)11-19(28)27-15(17-6-3-7-30-17)9-14(25-27)18-8-12-4-1-2-5-16(12)31-18/h1-8,10,15H,9,11H2. The molecule has 0 aliphatic carbocycles. The lowest BCUT2D eigenvalue weighted by Crippen LogP contribution is -2.35. The van der Waals surface area contributed by atoms with E-state index in [4.69, 9.17) is 32.0 Å². The number of carbonyl (C=O) groups is 1. The van der Waals surface area contributed by atoms with Crippen molar-refractivity contribution in [1.82, 2.24) is 14.8 Å². The maximum absolute atomic E-state index is 13.1. The van der Waals surface area contributed by atoms with Crippen LogP contribution in [0.4, 0.5) is 0 Å². The van der Waals surface area contributed by atoms with Gasteiger partial charge in [0.25, 0.3) is 11.5 Å². The molecule has 0 radical (unpaired) electrons. The minimum Gasteiger partial charge on any atom is -0.467 e. The van der Waals surface area contributed by atoms with Crippen LogP contribution in [0.2, 0.25) is 10.0 Å². The molecule has 0 N–H and O–H groups in total. The first-order valence-electron chi connectivity index (χ1n) is 9.34. The monoisotopic (exact) mass is 456 g/mol. The molecule has 1 aromatic carbocycles. The number of aromatic nitrogens is 2. The molecule has 1 atom stereocenters. The van der Waals surface area contributed by atoms with Crippen molar-refractivity contribution in [2.24, 2.45) is 5.10 Å². The Bertz CT molecular complexity index is 1340. The van der Waals surface area contributed by atoms with Crippen LogP contribution in [0.3, 0.4) is 0 Å². The van der Waals surface area contributed by atoms with Gasteiger partial charge < -0.3 is 8.83 Å². The molecule has 3 aromatic heterocycles. The summed E-state index contributed by atoms with van der Waals surface area (Å²) in [7, 11) is 0. The summed E-state index contributed by atoms with van der Waals surface area (Å²) >= 11 is 11.7. The highest BCUT2D eigenvalue weighted by Gasteiger charge is 2.36. The van der Waals surface area contributed by atoms with E-state index in [1.54, 1.807) is 12.1 Å². The average Bonchev–Trinajstić information content (AvgIpc) is 3.51. The third kappa shape index (κ3) is 3.54. The van der Waals surface area contributed by atoms with E-state index < -0.39 is 17.5 Å². The third-order valence-electron chi connectivity index (χ3n) is 4.97. The summed E-state index contributed by atoms with van der Waals surface area (Å²) in [5.74, 6) is 0.677. The lowest BCUT2D eigenvalue weighted by molar-refractivity contribution is -0.134. The van der Waals surface area contributed by atoms with Gasteiger partial charge in [-0.1, -0.05) is 41.4 Å². The van der Waals surface area contributed by atoms with Crippen molar-refractivity contribution in [2.75, 3.05) is 0 Å². The molecule has 1 amide bonds. The van der Waals surface area contributed by atoms with Crippen molar-refractivity contribution in [2.45, 2.75) is 19.0 Å². The molecule has 0 spiro atoms. The Labute approximate surface area is 185 Å². The van der Waals surface area contributed by atoms with Crippen LogP contribution in [0.25, 0.3) is 11.0 Å². The van der Waals surface area contributed by atoms with Crippen LogP contribution in [0.15, 0.2) is 73.7 Å². The Hall–Kier alpha value is -3.36. The Kier molecular flexibility index (Phi) is 4.88. The molecular formula is C21H14Cl2N4O4. The van der Waals surface area contributed by atoms with E-state index in [0.29, 0.717) is 23.7 Å². The first kappa shape index (κ1) is 19.6. The second-order valence-electron chi connectivity index (χ2n) is 6.94. The topological polar surface area (TPSA) is 93.8 Å². The molecule has 1 aliphatic rings. The highest BCUT2D eigenvalue weighted by atomic mass is 35.5. The normalized spacial score (nSPS) is 16.1. The number of carbonyl (C=O) groups excluding carboxylic acids is 1. The Morgan fingerprint density at radius 2 is 2.03 bits per heavy atom. The zero-order chi connectivity index (χ0) is 21.5. The number of fused-ring (bicyclic) bond motifs is 1. The quantitative estimate of drug-likeness (QED) is 0.456. The second kappa shape index (κ2) is 7.72. The fraction of sp³-hybridized carbons (Fsp3) is 0.143. The molecule has 1 unspecified atom stereocenters. The number of rotatable bonds is 4. The number of furan rings is 2. The van der Waals surface area contributed by atoms with Gasteiger partial charge in [-0.25, -0.2) is 9.69 Å². The van der Waals surface area contributed by atoms with Crippen molar-refractivity contribution < 1.29 is 13.6 Å². The van der Waals surface area contributed by atoms with Gasteiger partial charge in [-0.2, -0.15) is 10.2 Å². The van der Waals surface area contributed by atoms with E-state index >= 15 is 0 Å². The van der Waals surface area contributed by atoms with Gasteiger partial charge in [0.15, 0.2) is 5.76 Å². The summed E-state index contributed by atoms with van der Waals surface area (Å²) in [5.41, 5.74) is 0.671. The summed E-state index contributed by atoms with van der Waals surface area (Å²) in [6.45, 7) is -0.357. The second-order valence-corrected chi connectivity index (χ2v) is 7.72. The Morgan fingerprint density at radius 3 is 2.81 bits per heavy atom. The summed E-state index contributed by atoms with van der Waals surface area (Å²) in [5, 5.41) is 10.4. The molecule has 0 saturated heterocycles. The van der Waals surface area contributed by atoms with Gasteiger partial charge in [0.1, 0.15) is 34.7 Å². The molecule has 10 heteroatoms. The molecule has 31 heavy (non-hydrogen) atoms. The summed E-state index contributed by atoms with van der Waals surface area (Å²) in [4.78, 5) is 25.4. The van der Waals surface area contributed by atoms with Crippen LogP contribution in [0.5, 0.6) is 0 Å². The van der Waals surface area contributed by atoms with Crippen LogP contribution < -0.4 is 5.56 Å². The van der Waals surface area contributed by atoms with Gasteiger partial charge in [-0.05, 0) is 24.3 Å². The molecule has 0 bridgehead atoms. The van der Waals surface area contributed by atoms with E-state index in [9.17, 15) is 9.59 Å². The van der Waals surface area contributed by atoms with Crippen LogP contribution in [-0.2, 0) is 11.3 Å². The fourth-order valence-electron chi connectivity index (χ4n) is 3.47. The molecule has 4 aromatic rings. The van der Waals surface area contributed by atoms with E-state index in [1.165, 1.54) is 17.5 Å². The highest BCUT2D eigenvalue weighted by Crippen LogP contribution is 2.34. The lowest BCUT2D eigenvalue weighted by atomic mass is 10.1. The predicted octanol–water partition coefficient (Wildman–Crippen LogP) is 4.27. The molecule has 4 heterocycles.